The van der Waals surface area contributed by atoms with E-state index in [1.165, 1.54) is 6.20 Å². The normalized spacial score (nSPS) is 13.2. The maximum Gasteiger partial charge on any atom is 0.407 e. The maximum atomic E-state index is 12.3. The standard InChI is InChI=1S/C22H18ClN3O4/c23-21-24-10-9-13(25-21)11-19(20(27)28)26-22(29)30-12-18-16-7-3-1-5-14(16)15-6-2-4-8-17(15)18/h1-10,18-19H,11-12H2,(H,26,29)(H,27,28). The van der Waals surface area contributed by atoms with Crippen molar-refractivity contribution in [1.29, 1.82) is 0 Å². The summed E-state index contributed by atoms with van der Waals surface area (Å²) >= 11 is 5.74. The summed E-state index contributed by atoms with van der Waals surface area (Å²) in [6.07, 6.45) is 0.586. The van der Waals surface area contributed by atoms with Crippen molar-refractivity contribution in [3.05, 3.63) is 82.9 Å². The highest BCUT2D eigenvalue weighted by molar-refractivity contribution is 6.28. The zero-order chi connectivity index (χ0) is 21.1. The molecule has 1 aromatic heterocycles. The second-order valence-corrected chi connectivity index (χ2v) is 7.22. The van der Waals surface area contributed by atoms with E-state index in [0.29, 0.717) is 5.69 Å². The van der Waals surface area contributed by atoms with Crippen LogP contribution in [0.2, 0.25) is 5.28 Å². The number of halogens is 1. The monoisotopic (exact) mass is 423 g/mol. The van der Waals surface area contributed by atoms with Gasteiger partial charge in [-0.1, -0.05) is 48.5 Å². The van der Waals surface area contributed by atoms with Crippen molar-refractivity contribution in [3.63, 3.8) is 0 Å². The van der Waals surface area contributed by atoms with Crippen molar-refractivity contribution in [1.82, 2.24) is 15.3 Å². The molecular formula is C22H18ClN3O4. The van der Waals surface area contributed by atoms with Gasteiger partial charge in [0.1, 0.15) is 12.6 Å². The number of aliphatic carboxylic acids is 1. The summed E-state index contributed by atoms with van der Waals surface area (Å²) in [5.74, 6) is -1.30. The van der Waals surface area contributed by atoms with E-state index in [1.54, 1.807) is 6.07 Å². The van der Waals surface area contributed by atoms with Crippen LogP contribution in [-0.2, 0) is 16.0 Å². The van der Waals surface area contributed by atoms with E-state index >= 15 is 0 Å². The molecule has 4 rings (SSSR count). The number of aromatic nitrogens is 2. The SMILES string of the molecule is O=C(NC(Cc1ccnc(Cl)n1)C(=O)O)OCC1c2ccccc2-c2ccccc21. The van der Waals surface area contributed by atoms with Crippen molar-refractivity contribution < 1.29 is 19.4 Å². The molecule has 1 atom stereocenters. The Hall–Kier alpha value is -3.45. The van der Waals surface area contributed by atoms with E-state index in [1.807, 2.05) is 48.5 Å². The van der Waals surface area contributed by atoms with Crippen LogP contribution in [0.5, 0.6) is 0 Å². The molecule has 0 aliphatic heterocycles. The van der Waals surface area contributed by atoms with Gasteiger partial charge in [0.2, 0.25) is 5.28 Å². The predicted molar refractivity (Wildman–Crippen MR) is 110 cm³/mol. The fraction of sp³-hybridized carbons (Fsp3) is 0.182. The highest BCUT2D eigenvalue weighted by Crippen LogP contribution is 2.44. The zero-order valence-corrected chi connectivity index (χ0v) is 16.5. The largest absolute Gasteiger partial charge is 0.480 e. The van der Waals surface area contributed by atoms with E-state index < -0.39 is 18.1 Å². The van der Waals surface area contributed by atoms with Crippen LogP contribution in [-0.4, -0.2) is 39.8 Å². The molecule has 0 saturated heterocycles. The number of alkyl carbamates (subject to hydrolysis) is 1. The van der Waals surface area contributed by atoms with Crippen LogP contribution >= 0.6 is 11.6 Å². The summed E-state index contributed by atoms with van der Waals surface area (Å²) < 4.78 is 5.41. The Morgan fingerprint density at radius 2 is 1.70 bits per heavy atom. The quantitative estimate of drug-likeness (QED) is 0.586. The lowest BCUT2D eigenvalue weighted by atomic mass is 9.98. The summed E-state index contributed by atoms with van der Waals surface area (Å²) in [4.78, 5) is 31.6. The summed E-state index contributed by atoms with van der Waals surface area (Å²) in [5.41, 5.74) is 4.80. The predicted octanol–water partition coefficient (Wildman–Crippen LogP) is 3.66. The smallest absolute Gasteiger partial charge is 0.407 e. The molecule has 1 aliphatic rings. The molecule has 3 aromatic rings. The first-order valence-electron chi connectivity index (χ1n) is 9.34. The number of ether oxygens (including phenoxy) is 1. The number of carboxylic acids is 1. The van der Waals surface area contributed by atoms with E-state index in [-0.39, 0.29) is 24.2 Å². The zero-order valence-electron chi connectivity index (χ0n) is 15.8. The van der Waals surface area contributed by atoms with Crippen LogP contribution in [0.4, 0.5) is 4.79 Å². The Bertz CT molecular complexity index is 1060. The minimum atomic E-state index is -1.20. The molecule has 0 fully saturated rings. The summed E-state index contributed by atoms with van der Waals surface area (Å²) in [6.45, 7) is 0.103. The Kier molecular flexibility index (Phi) is 5.63. The molecule has 30 heavy (non-hydrogen) atoms. The van der Waals surface area contributed by atoms with Crippen LogP contribution in [0.25, 0.3) is 11.1 Å². The number of hydrogen-bond donors (Lipinski definition) is 2. The number of nitrogens with one attached hydrogen (secondary N) is 1. The Morgan fingerprint density at radius 3 is 2.30 bits per heavy atom. The number of carbonyl (C=O) groups excluding carboxylic acids is 1. The number of rotatable bonds is 6. The van der Waals surface area contributed by atoms with Gasteiger partial charge in [-0.2, -0.15) is 0 Å². The van der Waals surface area contributed by atoms with Gasteiger partial charge in [0, 0.05) is 24.2 Å². The molecule has 0 saturated carbocycles. The Labute approximate surface area is 177 Å². The van der Waals surface area contributed by atoms with Gasteiger partial charge in [0.05, 0.1) is 0 Å². The number of benzene rings is 2. The molecule has 1 aliphatic carbocycles. The minimum Gasteiger partial charge on any atom is -0.480 e. The van der Waals surface area contributed by atoms with Crippen LogP contribution < -0.4 is 5.32 Å². The summed E-state index contributed by atoms with van der Waals surface area (Å²) in [5, 5.41) is 11.9. The molecule has 152 valence electrons. The highest BCUT2D eigenvalue weighted by Gasteiger charge is 2.29. The van der Waals surface area contributed by atoms with Crippen LogP contribution in [0.3, 0.4) is 0 Å². The number of carboxylic acid groups (broad SMARTS) is 1. The van der Waals surface area contributed by atoms with Crippen molar-refractivity contribution >= 4 is 23.7 Å². The molecule has 1 unspecified atom stereocenters. The molecule has 0 spiro atoms. The minimum absolute atomic E-state index is 0.0118. The molecule has 1 heterocycles. The van der Waals surface area contributed by atoms with Gasteiger partial charge in [-0.3, -0.25) is 0 Å². The van der Waals surface area contributed by atoms with Crippen LogP contribution in [0.15, 0.2) is 60.8 Å². The molecule has 0 radical (unpaired) electrons. The Morgan fingerprint density at radius 1 is 1.07 bits per heavy atom. The van der Waals surface area contributed by atoms with Gasteiger partial charge < -0.3 is 15.2 Å². The number of nitrogens with zero attached hydrogens (tertiary/aromatic N) is 2. The number of fused-ring (bicyclic) bond motifs is 3. The lowest BCUT2D eigenvalue weighted by Crippen LogP contribution is -2.43. The van der Waals surface area contributed by atoms with Crippen LogP contribution in [0, 0.1) is 0 Å². The summed E-state index contributed by atoms with van der Waals surface area (Å²) in [7, 11) is 0. The first-order valence-corrected chi connectivity index (χ1v) is 9.72. The molecular weight excluding hydrogens is 406 g/mol. The third kappa shape index (κ3) is 4.11. The highest BCUT2D eigenvalue weighted by atomic mass is 35.5. The third-order valence-electron chi connectivity index (χ3n) is 5.03. The van der Waals surface area contributed by atoms with Crippen molar-refractivity contribution in [2.45, 2.75) is 18.4 Å². The van der Waals surface area contributed by atoms with Gasteiger partial charge in [0.25, 0.3) is 0 Å². The fourth-order valence-electron chi connectivity index (χ4n) is 3.67. The molecule has 8 heteroatoms. The Balaban J connectivity index is 1.43. The van der Waals surface area contributed by atoms with Crippen molar-refractivity contribution in [2.75, 3.05) is 6.61 Å². The van der Waals surface area contributed by atoms with Crippen molar-refractivity contribution in [2.24, 2.45) is 0 Å². The average Bonchev–Trinajstić information content (AvgIpc) is 3.06. The first-order chi connectivity index (χ1) is 14.5. The molecule has 2 N–H and O–H groups in total. The molecule has 0 bridgehead atoms. The maximum absolute atomic E-state index is 12.3. The van der Waals surface area contributed by atoms with Gasteiger partial charge in [0.15, 0.2) is 0 Å². The average molecular weight is 424 g/mol. The molecule has 7 nitrogen and oxygen atoms in total. The second-order valence-electron chi connectivity index (χ2n) is 6.88. The van der Waals surface area contributed by atoms with E-state index in [9.17, 15) is 14.7 Å². The molecule has 1 amide bonds. The van der Waals surface area contributed by atoms with Crippen molar-refractivity contribution in [3.8, 4) is 11.1 Å². The van der Waals surface area contributed by atoms with Gasteiger partial charge in [-0.25, -0.2) is 19.6 Å². The lowest BCUT2D eigenvalue weighted by molar-refractivity contribution is -0.139. The third-order valence-corrected chi connectivity index (χ3v) is 5.21. The number of carbonyl (C=O) groups is 2. The summed E-state index contributed by atoms with van der Waals surface area (Å²) in [6, 6.07) is 16.3. The fourth-order valence-corrected chi connectivity index (χ4v) is 3.84. The topological polar surface area (TPSA) is 101 Å². The van der Waals surface area contributed by atoms with E-state index in [2.05, 4.69) is 15.3 Å². The number of hydrogen-bond acceptors (Lipinski definition) is 5. The lowest BCUT2D eigenvalue weighted by Gasteiger charge is -2.17. The first kappa shape index (κ1) is 19.8. The second kappa shape index (κ2) is 8.51. The van der Waals surface area contributed by atoms with E-state index in [4.69, 9.17) is 16.3 Å². The number of amides is 1. The van der Waals surface area contributed by atoms with Gasteiger partial charge in [-0.15, -0.1) is 0 Å². The van der Waals surface area contributed by atoms with E-state index in [0.717, 1.165) is 22.3 Å². The molecule has 2 aromatic carbocycles. The van der Waals surface area contributed by atoms with Gasteiger partial charge >= 0.3 is 12.1 Å². The van der Waals surface area contributed by atoms with Crippen LogP contribution in [0.1, 0.15) is 22.7 Å². The van der Waals surface area contributed by atoms with Gasteiger partial charge in [-0.05, 0) is 39.9 Å².